The van der Waals surface area contributed by atoms with Crippen molar-refractivity contribution in [3.8, 4) is 0 Å². The summed E-state index contributed by atoms with van der Waals surface area (Å²) in [5, 5.41) is 0. The van der Waals surface area contributed by atoms with Crippen LogP contribution in [-0.4, -0.2) is 12.6 Å². The summed E-state index contributed by atoms with van der Waals surface area (Å²) >= 11 is 1.78. The highest BCUT2D eigenvalue weighted by atomic mass is 32.1. The van der Waals surface area contributed by atoms with Gasteiger partial charge in [-0.25, -0.2) is 0 Å². The molecule has 0 bridgehead atoms. The second-order valence-electron chi connectivity index (χ2n) is 3.19. The van der Waals surface area contributed by atoms with Crippen LogP contribution >= 0.6 is 11.3 Å². The lowest BCUT2D eigenvalue weighted by atomic mass is 10.1. The molecule has 0 aromatic carbocycles. The average Bonchev–Trinajstić information content (AvgIpc) is 2.58. The van der Waals surface area contributed by atoms with Gasteiger partial charge in [-0.2, -0.15) is 0 Å². The molecule has 0 saturated carbocycles. The minimum Gasteiger partial charge on any atom is -0.371 e. The van der Waals surface area contributed by atoms with E-state index >= 15 is 0 Å². The Hall–Kier alpha value is -0.380. The van der Waals surface area contributed by atoms with Gasteiger partial charge in [-0.1, -0.05) is 0 Å². The van der Waals surface area contributed by atoms with Crippen molar-refractivity contribution in [1.82, 2.24) is 0 Å². The van der Waals surface area contributed by atoms with Crippen LogP contribution in [0.5, 0.6) is 0 Å². The molecule has 1 aromatic heterocycles. The van der Waals surface area contributed by atoms with Crippen molar-refractivity contribution in [1.29, 1.82) is 0 Å². The topological polar surface area (TPSA) is 35.2 Å². The number of ether oxygens (including phenoxy) is 1. The van der Waals surface area contributed by atoms with Crippen LogP contribution in [-0.2, 0) is 4.74 Å². The minimum absolute atomic E-state index is 0.156. The molecule has 0 radical (unpaired) electrons. The first-order valence-corrected chi connectivity index (χ1v) is 5.02. The van der Waals surface area contributed by atoms with Crippen LogP contribution < -0.4 is 5.73 Å². The van der Waals surface area contributed by atoms with E-state index in [1.54, 1.807) is 11.3 Å². The molecule has 2 N–H and O–H groups in total. The normalized spacial score (nSPS) is 29.5. The van der Waals surface area contributed by atoms with E-state index in [1.165, 1.54) is 9.75 Å². The summed E-state index contributed by atoms with van der Waals surface area (Å²) in [6.45, 7) is 2.91. The second kappa shape index (κ2) is 3.17. The summed E-state index contributed by atoms with van der Waals surface area (Å²) in [5.41, 5.74) is 5.90. The first kappa shape index (κ1) is 8.23. The SMILES string of the molecule is Cc1ccc(C2OCCC2N)s1. The number of thiophene rings is 1. The lowest BCUT2D eigenvalue weighted by Crippen LogP contribution is -2.22. The van der Waals surface area contributed by atoms with E-state index in [0.29, 0.717) is 0 Å². The molecule has 1 fully saturated rings. The molecule has 1 saturated heterocycles. The Morgan fingerprint density at radius 1 is 1.58 bits per heavy atom. The molecule has 12 heavy (non-hydrogen) atoms. The van der Waals surface area contributed by atoms with Crippen molar-refractivity contribution in [2.75, 3.05) is 6.61 Å². The molecule has 0 aliphatic carbocycles. The maximum absolute atomic E-state index is 5.90. The molecule has 2 heterocycles. The van der Waals surface area contributed by atoms with Crippen LogP contribution in [0.3, 0.4) is 0 Å². The van der Waals surface area contributed by atoms with Gasteiger partial charge in [0.25, 0.3) is 0 Å². The van der Waals surface area contributed by atoms with Crippen LogP contribution in [0.4, 0.5) is 0 Å². The smallest absolute Gasteiger partial charge is 0.107 e. The van der Waals surface area contributed by atoms with Gasteiger partial charge < -0.3 is 10.5 Å². The van der Waals surface area contributed by atoms with Crippen molar-refractivity contribution in [2.24, 2.45) is 5.73 Å². The molecular weight excluding hydrogens is 170 g/mol. The molecule has 1 aromatic rings. The van der Waals surface area contributed by atoms with E-state index in [1.807, 2.05) is 0 Å². The number of hydrogen-bond donors (Lipinski definition) is 1. The summed E-state index contributed by atoms with van der Waals surface area (Å²) < 4.78 is 5.55. The van der Waals surface area contributed by atoms with E-state index in [2.05, 4.69) is 19.1 Å². The zero-order chi connectivity index (χ0) is 8.55. The largest absolute Gasteiger partial charge is 0.371 e. The number of rotatable bonds is 1. The van der Waals surface area contributed by atoms with Gasteiger partial charge in [0.15, 0.2) is 0 Å². The fourth-order valence-corrected chi connectivity index (χ4v) is 2.51. The lowest BCUT2D eigenvalue weighted by molar-refractivity contribution is 0.108. The quantitative estimate of drug-likeness (QED) is 0.721. The minimum atomic E-state index is 0.156. The first-order chi connectivity index (χ1) is 5.77. The number of hydrogen-bond acceptors (Lipinski definition) is 3. The predicted octanol–water partition coefficient (Wildman–Crippen LogP) is 1.85. The Morgan fingerprint density at radius 3 is 2.92 bits per heavy atom. The molecular formula is C9H13NOS. The standard InChI is InChI=1S/C9H13NOS/c1-6-2-3-8(12-6)9-7(10)4-5-11-9/h2-3,7,9H,4-5,10H2,1H3. The van der Waals surface area contributed by atoms with Crippen LogP contribution in [0.15, 0.2) is 12.1 Å². The fraction of sp³-hybridized carbons (Fsp3) is 0.556. The van der Waals surface area contributed by atoms with Crippen molar-refractivity contribution in [2.45, 2.75) is 25.5 Å². The molecule has 66 valence electrons. The van der Waals surface area contributed by atoms with Gasteiger partial charge in [0.2, 0.25) is 0 Å². The van der Waals surface area contributed by atoms with E-state index in [9.17, 15) is 0 Å². The highest BCUT2D eigenvalue weighted by molar-refractivity contribution is 7.12. The molecule has 2 atom stereocenters. The molecule has 2 unspecified atom stereocenters. The third kappa shape index (κ3) is 1.40. The van der Waals surface area contributed by atoms with Gasteiger partial charge in [0.05, 0.1) is 0 Å². The van der Waals surface area contributed by atoms with Gasteiger partial charge >= 0.3 is 0 Å². The van der Waals surface area contributed by atoms with Crippen LogP contribution in [0, 0.1) is 6.92 Å². The third-order valence-corrected chi connectivity index (χ3v) is 3.24. The Balaban J connectivity index is 2.19. The molecule has 0 spiro atoms. The second-order valence-corrected chi connectivity index (χ2v) is 4.51. The van der Waals surface area contributed by atoms with E-state index < -0.39 is 0 Å². The van der Waals surface area contributed by atoms with Crippen LogP contribution in [0.1, 0.15) is 22.3 Å². The Morgan fingerprint density at radius 2 is 2.42 bits per heavy atom. The molecule has 2 rings (SSSR count). The maximum Gasteiger partial charge on any atom is 0.107 e. The van der Waals surface area contributed by atoms with E-state index in [0.717, 1.165) is 13.0 Å². The van der Waals surface area contributed by atoms with Gasteiger partial charge in [-0.15, -0.1) is 11.3 Å². The predicted molar refractivity (Wildman–Crippen MR) is 50.3 cm³/mol. The van der Waals surface area contributed by atoms with Gasteiger partial charge in [-0.3, -0.25) is 0 Å². The number of nitrogens with two attached hydrogens (primary N) is 1. The zero-order valence-electron chi connectivity index (χ0n) is 7.12. The van der Waals surface area contributed by atoms with Gasteiger partial charge in [0, 0.05) is 22.4 Å². The van der Waals surface area contributed by atoms with Crippen molar-refractivity contribution < 1.29 is 4.74 Å². The Kier molecular flexibility index (Phi) is 2.17. The average molecular weight is 183 g/mol. The van der Waals surface area contributed by atoms with Crippen LogP contribution in [0.25, 0.3) is 0 Å². The first-order valence-electron chi connectivity index (χ1n) is 4.21. The highest BCUT2D eigenvalue weighted by Gasteiger charge is 2.27. The Bertz CT molecular complexity index is 271. The van der Waals surface area contributed by atoms with Crippen molar-refractivity contribution in [3.63, 3.8) is 0 Å². The van der Waals surface area contributed by atoms with Crippen molar-refractivity contribution in [3.05, 3.63) is 21.9 Å². The summed E-state index contributed by atoms with van der Waals surface area (Å²) in [4.78, 5) is 2.60. The maximum atomic E-state index is 5.90. The van der Waals surface area contributed by atoms with E-state index in [-0.39, 0.29) is 12.1 Å². The number of aryl methyl sites for hydroxylation is 1. The van der Waals surface area contributed by atoms with Crippen molar-refractivity contribution >= 4 is 11.3 Å². The summed E-state index contributed by atoms with van der Waals surface area (Å²) in [6, 6.07) is 4.44. The molecule has 1 aliphatic heterocycles. The highest BCUT2D eigenvalue weighted by Crippen LogP contribution is 2.32. The van der Waals surface area contributed by atoms with Crippen LogP contribution in [0.2, 0.25) is 0 Å². The summed E-state index contributed by atoms with van der Waals surface area (Å²) in [5.74, 6) is 0. The van der Waals surface area contributed by atoms with Gasteiger partial charge in [0.1, 0.15) is 6.10 Å². The monoisotopic (exact) mass is 183 g/mol. The molecule has 1 aliphatic rings. The summed E-state index contributed by atoms with van der Waals surface area (Å²) in [7, 11) is 0. The van der Waals surface area contributed by atoms with Gasteiger partial charge in [-0.05, 0) is 25.5 Å². The Labute approximate surface area is 76.3 Å². The molecule has 2 nitrogen and oxygen atoms in total. The molecule has 0 amide bonds. The fourth-order valence-electron chi connectivity index (χ4n) is 1.51. The zero-order valence-corrected chi connectivity index (χ0v) is 7.93. The van der Waals surface area contributed by atoms with E-state index in [4.69, 9.17) is 10.5 Å². The molecule has 3 heteroatoms. The lowest BCUT2D eigenvalue weighted by Gasteiger charge is -2.11. The summed E-state index contributed by atoms with van der Waals surface area (Å²) in [6.07, 6.45) is 1.14. The third-order valence-electron chi connectivity index (χ3n) is 2.18.